The average Bonchev–Trinajstić information content (AvgIpc) is 2.29. The monoisotopic (exact) mass is 273 g/mol. The molecule has 0 aliphatic carbocycles. The minimum absolute atomic E-state index is 0.0821. The van der Waals surface area contributed by atoms with Gasteiger partial charge >= 0.3 is 5.97 Å². The molecule has 0 amide bonds. The Morgan fingerprint density at radius 3 is 2.59 bits per heavy atom. The molecule has 0 spiro atoms. The Morgan fingerprint density at radius 2 is 2.06 bits per heavy atom. The van der Waals surface area contributed by atoms with Crippen molar-refractivity contribution < 1.29 is 14.7 Å². The molecule has 1 aromatic carbocycles. The van der Waals surface area contributed by atoms with Gasteiger partial charge < -0.3 is 5.11 Å². The molecule has 1 rings (SSSR count). The van der Waals surface area contributed by atoms with Crippen molar-refractivity contribution >= 4 is 36.0 Å². The first-order valence-corrected chi connectivity index (χ1v) is 5.92. The lowest BCUT2D eigenvalue weighted by atomic mass is 10.1. The van der Waals surface area contributed by atoms with Gasteiger partial charge in [0.25, 0.3) is 0 Å². The van der Waals surface area contributed by atoms with E-state index in [1.54, 1.807) is 24.3 Å². The van der Waals surface area contributed by atoms with Crippen LogP contribution < -0.4 is 5.32 Å². The average molecular weight is 274 g/mol. The molecule has 17 heavy (non-hydrogen) atoms. The number of carboxylic acids is 1. The zero-order valence-corrected chi connectivity index (χ0v) is 10.5. The molecule has 0 aliphatic heterocycles. The number of carbonyl (C=O) groups excluding carboxylic acids is 1. The number of carbonyl (C=O) groups is 2. The molecular formula is C11H12ClNO3S. The maximum absolute atomic E-state index is 11.7. The number of aliphatic carboxylic acids is 1. The quantitative estimate of drug-likeness (QED) is 0.543. The molecule has 0 radical (unpaired) electrons. The molecule has 1 aromatic rings. The number of carboxylic acid groups (broad SMARTS) is 1. The summed E-state index contributed by atoms with van der Waals surface area (Å²) in [6.45, 7) is -0.0821. The highest BCUT2D eigenvalue weighted by molar-refractivity contribution is 7.80. The lowest BCUT2D eigenvalue weighted by molar-refractivity contribution is -0.138. The van der Waals surface area contributed by atoms with Crippen LogP contribution in [0.3, 0.4) is 0 Å². The lowest BCUT2D eigenvalue weighted by Gasteiger charge is -2.11. The van der Waals surface area contributed by atoms with E-state index < -0.39 is 12.0 Å². The van der Waals surface area contributed by atoms with Crippen molar-refractivity contribution in [3.8, 4) is 0 Å². The fourth-order valence-corrected chi connectivity index (χ4v) is 1.75. The van der Waals surface area contributed by atoms with Gasteiger partial charge in [0.05, 0.1) is 11.6 Å². The number of halogens is 1. The molecule has 0 saturated heterocycles. The zero-order chi connectivity index (χ0) is 12.8. The SMILES string of the molecule is O=C(CN[C@H](CS)C(=O)O)c1ccccc1Cl. The van der Waals surface area contributed by atoms with Gasteiger partial charge in [-0.25, -0.2) is 0 Å². The number of hydrogen-bond donors (Lipinski definition) is 3. The second-order valence-electron chi connectivity index (χ2n) is 3.36. The summed E-state index contributed by atoms with van der Waals surface area (Å²) >= 11 is 9.74. The molecule has 1 atom stereocenters. The number of hydrogen-bond acceptors (Lipinski definition) is 4. The highest BCUT2D eigenvalue weighted by atomic mass is 35.5. The van der Waals surface area contributed by atoms with E-state index in [4.69, 9.17) is 16.7 Å². The van der Waals surface area contributed by atoms with Crippen LogP contribution in [0.4, 0.5) is 0 Å². The number of ketones is 1. The van der Waals surface area contributed by atoms with Gasteiger partial charge in [-0.3, -0.25) is 14.9 Å². The van der Waals surface area contributed by atoms with Gasteiger partial charge in [-0.2, -0.15) is 12.6 Å². The first-order chi connectivity index (χ1) is 8.06. The molecular weight excluding hydrogens is 262 g/mol. The van der Waals surface area contributed by atoms with Crippen molar-refractivity contribution in [3.63, 3.8) is 0 Å². The molecule has 0 bridgehead atoms. The van der Waals surface area contributed by atoms with Crippen molar-refractivity contribution in [2.75, 3.05) is 12.3 Å². The van der Waals surface area contributed by atoms with E-state index in [0.717, 1.165) is 0 Å². The van der Waals surface area contributed by atoms with Gasteiger partial charge in [-0.1, -0.05) is 23.7 Å². The third kappa shape index (κ3) is 4.03. The van der Waals surface area contributed by atoms with Crippen molar-refractivity contribution in [1.29, 1.82) is 0 Å². The molecule has 6 heteroatoms. The first kappa shape index (κ1) is 14.0. The summed E-state index contributed by atoms with van der Waals surface area (Å²) in [4.78, 5) is 22.4. The third-order valence-electron chi connectivity index (χ3n) is 2.16. The second-order valence-corrected chi connectivity index (χ2v) is 4.13. The summed E-state index contributed by atoms with van der Waals surface area (Å²) in [6.07, 6.45) is 0. The van der Waals surface area contributed by atoms with Crippen molar-refractivity contribution in [1.82, 2.24) is 5.32 Å². The van der Waals surface area contributed by atoms with Crippen molar-refractivity contribution in [2.24, 2.45) is 0 Å². The van der Waals surface area contributed by atoms with Gasteiger partial charge in [0.2, 0.25) is 0 Å². The van der Waals surface area contributed by atoms with Crippen LogP contribution in [0, 0.1) is 0 Å². The molecule has 92 valence electrons. The van der Waals surface area contributed by atoms with Crippen LogP contribution in [-0.2, 0) is 4.79 Å². The number of Topliss-reactive ketones (excluding diaryl/α,β-unsaturated/α-hetero) is 1. The van der Waals surface area contributed by atoms with Crippen LogP contribution in [-0.4, -0.2) is 35.2 Å². The van der Waals surface area contributed by atoms with E-state index in [-0.39, 0.29) is 18.1 Å². The topological polar surface area (TPSA) is 66.4 Å². The molecule has 0 heterocycles. The summed E-state index contributed by atoms with van der Waals surface area (Å²) in [7, 11) is 0. The van der Waals surface area contributed by atoms with Gasteiger partial charge in [0.15, 0.2) is 5.78 Å². The van der Waals surface area contributed by atoms with E-state index in [2.05, 4.69) is 17.9 Å². The van der Waals surface area contributed by atoms with Gasteiger partial charge in [0.1, 0.15) is 6.04 Å². The summed E-state index contributed by atoms with van der Waals surface area (Å²) < 4.78 is 0. The summed E-state index contributed by atoms with van der Waals surface area (Å²) in [5.41, 5.74) is 0.380. The minimum Gasteiger partial charge on any atom is -0.480 e. The van der Waals surface area contributed by atoms with Crippen LogP contribution in [0.5, 0.6) is 0 Å². The standard InChI is InChI=1S/C11H12ClNO3S/c12-8-4-2-1-3-7(8)10(14)5-13-9(6-17)11(15)16/h1-4,9,13,17H,5-6H2,(H,15,16)/t9-/m1/s1. The minimum atomic E-state index is -1.04. The van der Waals surface area contributed by atoms with Crippen LogP contribution in [0.25, 0.3) is 0 Å². The molecule has 4 nitrogen and oxygen atoms in total. The summed E-state index contributed by atoms with van der Waals surface area (Å²) in [5, 5.41) is 11.7. The normalized spacial score (nSPS) is 12.1. The second kappa shape index (κ2) is 6.64. The van der Waals surface area contributed by atoms with E-state index in [9.17, 15) is 9.59 Å². The number of benzene rings is 1. The van der Waals surface area contributed by atoms with Crippen molar-refractivity contribution in [2.45, 2.75) is 6.04 Å². The first-order valence-electron chi connectivity index (χ1n) is 4.91. The Morgan fingerprint density at radius 1 is 1.41 bits per heavy atom. The fraction of sp³-hybridized carbons (Fsp3) is 0.273. The third-order valence-corrected chi connectivity index (χ3v) is 2.86. The van der Waals surface area contributed by atoms with E-state index >= 15 is 0 Å². The molecule has 0 unspecified atom stereocenters. The Hall–Kier alpha value is -1.04. The van der Waals surface area contributed by atoms with Crippen LogP contribution in [0.1, 0.15) is 10.4 Å². The van der Waals surface area contributed by atoms with Crippen LogP contribution >= 0.6 is 24.2 Å². The molecule has 0 fully saturated rings. The highest BCUT2D eigenvalue weighted by Crippen LogP contribution is 2.15. The summed E-state index contributed by atoms with van der Waals surface area (Å²) in [5.74, 6) is -1.17. The number of thiol groups is 1. The molecule has 0 aliphatic rings. The number of nitrogens with one attached hydrogen (secondary N) is 1. The van der Waals surface area contributed by atoms with E-state index in [1.807, 2.05) is 0 Å². The molecule has 0 saturated carbocycles. The molecule has 0 aromatic heterocycles. The smallest absolute Gasteiger partial charge is 0.321 e. The maximum atomic E-state index is 11.7. The zero-order valence-electron chi connectivity index (χ0n) is 8.89. The Kier molecular flexibility index (Phi) is 5.47. The Balaban J connectivity index is 2.62. The van der Waals surface area contributed by atoms with Gasteiger partial charge in [-0.15, -0.1) is 0 Å². The van der Waals surface area contributed by atoms with Crippen LogP contribution in [0.2, 0.25) is 5.02 Å². The van der Waals surface area contributed by atoms with Gasteiger partial charge in [0, 0.05) is 11.3 Å². The fourth-order valence-electron chi connectivity index (χ4n) is 1.23. The number of rotatable bonds is 6. The lowest BCUT2D eigenvalue weighted by Crippen LogP contribution is -2.41. The van der Waals surface area contributed by atoms with Crippen LogP contribution in [0.15, 0.2) is 24.3 Å². The Bertz CT molecular complexity index is 425. The molecule has 2 N–H and O–H groups in total. The highest BCUT2D eigenvalue weighted by Gasteiger charge is 2.17. The van der Waals surface area contributed by atoms with E-state index in [0.29, 0.717) is 10.6 Å². The van der Waals surface area contributed by atoms with E-state index in [1.165, 1.54) is 0 Å². The predicted molar refractivity (Wildman–Crippen MR) is 69.1 cm³/mol. The predicted octanol–water partition coefficient (Wildman–Crippen LogP) is 1.50. The largest absolute Gasteiger partial charge is 0.480 e. The van der Waals surface area contributed by atoms with Gasteiger partial charge in [-0.05, 0) is 12.1 Å². The summed E-state index contributed by atoms with van der Waals surface area (Å²) in [6, 6.07) is 5.79. The Labute approximate surface area is 109 Å². The maximum Gasteiger partial charge on any atom is 0.321 e. The van der Waals surface area contributed by atoms with Crippen molar-refractivity contribution in [3.05, 3.63) is 34.9 Å².